The summed E-state index contributed by atoms with van der Waals surface area (Å²) >= 11 is 2.10. The fourth-order valence-corrected chi connectivity index (χ4v) is 4.42. The van der Waals surface area contributed by atoms with Crippen molar-refractivity contribution in [1.29, 1.82) is 0 Å². The standard InChI is InChI=1S/C17H26N2S/c1-2-4-15(5-3-1)6-10-19-11-7-16(8-12-19)18-17-9-13-20-14-17/h1-5,16-18H,6-14H2. The van der Waals surface area contributed by atoms with Crippen LogP contribution in [0.15, 0.2) is 30.3 Å². The maximum Gasteiger partial charge on any atom is 0.0168 e. The minimum atomic E-state index is 0.770. The second-order valence-corrected chi connectivity index (χ2v) is 7.23. The smallest absolute Gasteiger partial charge is 0.0168 e. The van der Waals surface area contributed by atoms with Gasteiger partial charge in [-0.2, -0.15) is 11.8 Å². The van der Waals surface area contributed by atoms with E-state index in [1.165, 1.54) is 62.4 Å². The normalized spacial score (nSPS) is 25.1. The van der Waals surface area contributed by atoms with Crippen LogP contribution in [0.1, 0.15) is 24.8 Å². The highest BCUT2D eigenvalue weighted by molar-refractivity contribution is 7.99. The van der Waals surface area contributed by atoms with Gasteiger partial charge in [0.05, 0.1) is 0 Å². The van der Waals surface area contributed by atoms with Crippen molar-refractivity contribution in [2.45, 2.75) is 37.8 Å². The monoisotopic (exact) mass is 290 g/mol. The zero-order valence-electron chi connectivity index (χ0n) is 12.3. The summed E-state index contributed by atoms with van der Waals surface area (Å²) in [5.41, 5.74) is 1.47. The lowest BCUT2D eigenvalue weighted by molar-refractivity contribution is 0.194. The topological polar surface area (TPSA) is 15.3 Å². The average molecular weight is 290 g/mol. The Morgan fingerprint density at radius 2 is 1.85 bits per heavy atom. The summed E-state index contributed by atoms with van der Waals surface area (Å²) in [7, 11) is 0. The maximum atomic E-state index is 3.86. The highest BCUT2D eigenvalue weighted by Gasteiger charge is 2.23. The summed E-state index contributed by atoms with van der Waals surface area (Å²) in [5, 5.41) is 3.86. The number of thioether (sulfide) groups is 1. The van der Waals surface area contributed by atoms with E-state index in [1.807, 2.05) is 0 Å². The molecule has 1 atom stereocenters. The van der Waals surface area contributed by atoms with Gasteiger partial charge in [0.2, 0.25) is 0 Å². The lowest BCUT2D eigenvalue weighted by Gasteiger charge is -2.33. The van der Waals surface area contributed by atoms with Crippen LogP contribution in [0.25, 0.3) is 0 Å². The van der Waals surface area contributed by atoms with E-state index in [0.29, 0.717) is 0 Å². The molecule has 0 radical (unpaired) electrons. The van der Waals surface area contributed by atoms with Crippen LogP contribution in [-0.4, -0.2) is 48.1 Å². The zero-order valence-corrected chi connectivity index (χ0v) is 13.1. The highest BCUT2D eigenvalue weighted by Crippen LogP contribution is 2.20. The molecule has 3 rings (SSSR count). The van der Waals surface area contributed by atoms with Crippen LogP contribution >= 0.6 is 11.8 Å². The van der Waals surface area contributed by atoms with Crippen molar-refractivity contribution in [2.75, 3.05) is 31.1 Å². The van der Waals surface area contributed by atoms with E-state index in [-0.39, 0.29) is 0 Å². The van der Waals surface area contributed by atoms with Crippen molar-refractivity contribution in [1.82, 2.24) is 10.2 Å². The van der Waals surface area contributed by atoms with Crippen molar-refractivity contribution in [3.8, 4) is 0 Å². The first kappa shape index (κ1) is 14.4. The molecular weight excluding hydrogens is 264 g/mol. The largest absolute Gasteiger partial charge is 0.310 e. The molecule has 1 unspecified atom stereocenters. The molecule has 3 heteroatoms. The molecule has 1 aromatic carbocycles. The number of nitrogens with one attached hydrogen (secondary N) is 1. The van der Waals surface area contributed by atoms with Crippen molar-refractivity contribution in [2.24, 2.45) is 0 Å². The van der Waals surface area contributed by atoms with Gasteiger partial charge in [-0.25, -0.2) is 0 Å². The van der Waals surface area contributed by atoms with E-state index in [1.54, 1.807) is 0 Å². The van der Waals surface area contributed by atoms with Gasteiger partial charge in [-0.3, -0.25) is 0 Å². The van der Waals surface area contributed by atoms with E-state index >= 15 is 0 Å². The minimum absolute atomic E-state index is 0.770. The van der Waals surface area contributed by atoms with Gasteiger partial charge in [0, 0.05) is 24.4 Å². The Bertz CT molecular complexity index is 381. The van der Waals surface area contributed by atoms with Crippen molar-refractivity contribution in [3.05, 3.63) is 35.9 Å². The maximum absolute atomic E-state index is 3.86. The summed E-state index contributed by atoms with van der Waals surface area (Å²) in [6.07, 6.45) is 5.23. The van der Waals surface area contributed by atoms with Gasteiger partial charge in [-0.05, 0) is 50.1 Å². The fourth-order valence-electron chi connectivity index (χ4n) is 3.25. The molecular formula is C17H26N2S. The molecule has 0 aromatic heterocycles. The number of piperidine rings is 1. The van der Waals surface area contributed by atoms with E-state index < -0.39 is 0 Å². The zero-order chi connectivity index (χ0) is 13.6. The number of rotatable bonds is 5. The SMILES string of the molecule is c1ccc(CCN2CCC(NC3CCSC3)CC2)cc1. The first-order valence-corrected chi connectivity index (χ1v) is 9.16. The summed E-state index contributed by atoms with van der Waals surface area (Å²) in [5.74, 6) is 2.68. The Balaban J connectivity index is 1.35. The number of hydrogen-bond donors (Lipinski definition) is 1. The second-order valence-electron chi connectivity index (χ2n) is 6.08. The van der Waals surface area contributed by atoms with Gasteiger partial charge in [0.25, 0.3) is 0 Å². The first-order chi connectivity index (χ1) is 9.90. The van der Waals surface area contributed by atoms with Crippen LogP contribution in [0.4, 0.5) is 0 Å². The average Bonchev–Trinajstić information content (AvgIpc) is 3.01. The van der Waals surface area contributed by atoms with Gasteiger partial charge in [-0.15, -0.1) is 0 Å². The molecule has 2 nitrogen and oxygen atoms in total. The van der Waals surface area contributed by atoms with Crippen LogP contribution in [-0.2, 0) is 6.42 Å². The Labute approximate surface area is 127 Å². The van der Waals surface area contributed by atoms with Gasteiger partial charge >= 0.3 is 0 Å². The Hall–Kier alpha value is -0.510. The van der Waals surface area contributed by atoms with E-state index in [4.69, 9.17) is 0 Å². The van der Waals surface area contributed by atoms with Crippen molar-refractivity contribution in [3.63, 3.8) is 0 Å². The van der Waals surface area contributed by atoms with Crippen LogP contribution < -0.4 is 5.32 Å². The number of nitrogens with zero attached hydrogens (tertiary/aromatic N) is 1. The molecule has 1 aromatic rings. The van der Waals surface area contributed by atoms with E-state index in [2.05, 4.69) is 52.3 Å². The summed E-state index contributed by atoms with van der Waals surface area (Å²) in [4.78, 5) is 2.63. The lowest BCUT2D eigenvalue weighted by Crippen LogP contribution is -2.46. The van der Waals surface area contributed by atoms with E-state index in [9.17, 15) is 0 Å². The van der Waals surface area contributed by atoms with Gasteiger partial charge < -0.3 is 10.2 Å². The predicted octanol–water partition coefficient (Wildman–Crippen LogP) is 2.79. The molecule has 0 spiro atoms. The molecule has 1 N–H and O–H groups in total. The third kappa shape index (κ3) is 4.24. The van der Waals surface area contributed by atoms with Gasteiger partial charge in [0.1, 0.15) is 0 Å². The third-order valence-corrected chi connectivity index (χ3v) is 5.71. The molecule has 0 amide bonds. The molecule has 110 valence electrons. The van der Waals surface area contributed by atoms with Crippen molar-refractivity contribution < 1.29 is 0 Å². The van der Waals surface area contributed by atoms with Crippen LogP contribution in [0.3, 0.4) is 0 Å². The van der Waals surface area contributed by atoms with E-state index in [0.717, 1.165) is 12.1 Å². The molecule has 0 bridgehead atoms. The fraction of sp³-hybridized carbons (Fsp3) is 0.647. The molecule has 2 heterocycles. The molecule has 2 saturated heterocycles. The number of hydrogen-bond acceptors (Lipinski definition) is 3. The number of benzene rings is 1. The molecule has 2 fully saturated rings. The first-order valence-electron chi connectivity index (χ1n) is 8.00. The predicted molar refractivity (Wildman–Crippen MR) is 88.5 cm³/mol. The summed E-state index contributed by atoms with van der Waals surface area (Å²) in [6, 6.07) is 12.4. The summed E-state index contributed by atoms with van der Waals surface area (Å²) < 4.78 is 0. The lowest BCUT2D eigenvalue weighted by atomic mass is 10.0. The second kappa shape index (κ2) is 7.48. The van der Waals surface area contributed by atoms with Crippen LogP contribution in [0, 0.1) is 0 Å². The van der Waals surface area contributed by atoms with Gasteiger partial charge in [-0.1, -0.05) is 30.3 Å². The highest BCUT2D eigenvalue weighted by atomic mass is 32.2. The van der Waals surface area contributed by atoms with Crippen LogP contribution in [0.5, 0.6) is 0 Å². The Morgan fingerprint density at radius 3 is 2.55 bits per heavy atom. The van der Waals surface area contributed by atoms with Crippen LogP contribution in [0.2, 0.25) is 0 Å². The third-order valence-electron chi connectivity index (χ3n) is 4.55. The number of likely N-dealkylation sites (tertiary alicyclic amines) is 1. The molecule has 0 aliphatic carbocycles. The molecule has 2 aliphatic heterocycles. The van der Waals surface area contributed by atoms with Gasteiger partial charge in [0.15, 0.2) is 0 Å². The summed E-state index contributed by atoms with van der Waals surface area (Å²) in [6.45, 7) is 3.75. The Morgan fingerprint density at radius 1 is 1.05 bits per heavy atom. The molecule has 20 heavy (non-hydrogen) atoms. The quantitative estimate of drug-likeness (QED) is 0.898. The molecule has 2 aliphatic rings. The van der Waals surface area contributed by atoms with Crippen molar-refractivity contribution >= 4 is 11.8 Å². The minimum Gasteiger partial charge on any atom is -0.310 e. The Kier molecular flexibility index (Phi) is 5.40. The molecule has 0 saturated carbocycles.